The molecule has 0 unspecified atom stereocenters. The molecule has 21 heavy (non-hydrogen) atoms. The highest BCUT2D eigenvalue weighted by Crippen LogP contribution is 2.38. The Hall–Kier alpha value is -0.605. The van der Waals surface area contributed by atoms with Gasteiger partial charge in [0.25, 0.3) is 0 Å². The average Bonchev–Trinajstić information content (AvgIpc) is 2.57. The van der Waals surface area contributed by atoms with E-state index in [4.69, 9.17) is 9.31 Å². The smallest absolute Gasteiger partial charge is 0.403 e. The van der Waals surface area contributed by atoms with Crippen molar-refractivity contribution in [2.24, 2.45) is 0 Å². The standard InChI is InChI=1S/C17H29BO3/c1-16(2)17(3,4)21-18(20-16)12-7-5-6-9-14-10-8-11-15(19)13-14/h13H,5-12H2,1-4H3. The number of rotatable bonds is 6. The Morgan fingerprint density at radius 1 is 1.05 bits per heavy atom. The monoisotopic (exact) mass is 292 g/mol. The molecule has 1 aliphatic heterocycles. The van der Waals surface area contributed by atoms with Crippen LogP contribution in [0.1, 0.15) is 72.6 Å². The first-order chi connectivity index (χ1) is 9.80. The van der Waals surface area contributed by atoms with Crippen LogP contribution in [-0.4, -0.2) is 24.1 Å². The van der Waals surface area contributed by atoms with Gasteiger partial charge in [0.2, 0.25) is 0 Å². The van der Waals surface area contributed by atoms with E-state index in [1.54, 1.807) is 0 Å². The van der Waals surface area contributed by atoms with Crippen molar-refractivity contribution >= 4 is 12.9 Å². The van der Waals surface area contributed by atoms with Crippen molar-refractivity contribution in [3.8, 4) is 0 Å². The van der Waals surface area contributed by atoms with E-state index in [1.807, 2.05) is 6.08 Å². The molecule has 0 saturated carbocycles. The fourth-order valence-corrected chi connectivity index (χ4v) is 2.98. The molecule has 3 nitrogen and oxygen atoms in total. The van der Waals surface area contributed by atoms with Gasteiger partial charge in [-0.25, -0.2) is 0 Å². The van der Waals surface area contributed by atoms with E-state index in [2.05, 4.69) is 27.7 Å². The predicted molar refractivity (Wildman–Crippen MR) is 86.3 cm³/mol. The van der Waals surface area contributed by atoms with E-state index in [0.717, 1.165) is 38.4 Å². The molecule has 1 heterocycles. The van der Waals surface area contributed by atoms with Crippen molar-refractivity contribution in [2.45, 2.75) is 90.2 Å². The molecule has 118 valence electrons. The van der Waals surface area contributed by atoms with Gasteiger partial charge >= 0.3 is 7.12 Å². The van der Waals surface area contributed by atoms with Gasteiger partial charge in [-0.2, -0.15) is 0 Å². The van der Waals surface area contributed by atoms with Crippen molar-refractivity contribution in [2.75, 3.05) is 0 Å². The molecular formula is C17H29BO3. The van der Waals surface area contributed by atoms with Crippen LogP contribution in [0.4, 0.5) is 0 Å². The maximum atomic E-state index is 11.3. The van der Waals surface area contributed by atoms with Gasteiger partial charge in [0.1, 0.15) is 0 Å². The van der Waals surface area contributed by atoms with Gasteiger partial charge in [-0.15, -0.1) is 0 Å². The average molecular weight is 292 g/mol. The summed E-state index contributed by atoms with van der Waals surface area (Å²) in [4.78, 5) is 11.3. The fraction of sp³-hybridized carbons (Fsp3) is 0.824. The molecule has 0 radical (unpaired) electrons. The van der Waals surface area contributed by atoms with E-state index in [-0.39, 0.29) is 18.3 Å². The van der Waals surface area contributed by atoms with Gasteiger partial charge in [0.05, 0.1) is 11.2 Å². The summed E-state index contributed by atoms with van der Waals surface area (Å²) in [6.45, 7) is 8.39. The van der Waals surface area contributed by atoms with Crippen LogP contribution in [0.25, 0.3) is 0 Å². The Kier molecular flexibility index (Phi) is 5.31. The topological polar surface area (TPSA) is 35.5 Å². The van der Waals surface area contributed by atoms with Gasteiger partial charge in [0.15, 0.2) is 5.78 Å². The van der Waals surface area contributed by atoms with E-state index in [0.29, 0.717) is 5.78 Å². The molecule has 1 fully saturated rings. The SMILES string of the molecule is CC1(C)OB(CCCCCC2=CC(=O)CCC2)OC1(C)C. The third-order valence-corrected chi connectivity index (χ3v) is 5.03. The van der Waals surface area contributed by atoms with Gasteiger partial charge < -0.3 is 9.31 Å². The molecule has 2 rings (SSSR count). The van der Waals surface area contributed by atoms with E-state index >= 15 is 0 Å². The molecule has 1 saturated heterocycles. The number of hydrogen-bond acceptors (Lipinski definition) is 3. The molecule has 0 atom stereocenters. The van der Waals surface area contributed by atoms with Crippen LogP contribution >= 0.6 is 0 Å². The lowest BCUT2D eigenvalue weighted by Gasteiger charge is -2.32. The lowest BCUT2D eigenvalue weighted by atomic mass is 9.82. The zero-order valence-electron chi connectivity index (χ0n) is 14.0. The van der Waals surface area contributed by atoms with Crippen LogP contribution in [0.5, 0.6) is 0 Å². The zero-order valence-corrected chi connectivity index (χ0v) is 14.0. The summed E-state index contributed by atoms with van der Waals surface area (Å²) in [5, 5.41) is 0. The maximum absolute atomic E-state index is 11.3. The summed E-state index contributed by atoms with van der Waals surface area (Å²) < 4.78 is 12.0. The molecule has 0 spiro atoms. The molecule has 4 heteroatoms. The molecule has 0 aromatic carbocycles. The number of unbranched alkanes of at least 4 members (excludes halogenated alkanes) is 2. The number of carbonyl (C=O) groups is 1. The highest BCUT2D eigenvalue weighted by Gasteiger charge is 2.50. The minimum Gasteiger partial charge on any atom is -0.403 e. The molecule has 1 aliphatic carbocycles. The van der Waals surface area contributed by atoms with Crippen LogP contribution in [0.3, 0.4) is 0 Å². The first-order valence-corrected chi connectivity index (χ1v) is 8.38. The summed E-state index contributed by atoms with van der Waals surface area (Å²) in [6.07, 6.45) is 10.3. The van der Waals surface area contributed by atoms with Crippen LogP contribution in [-0.2, 0) is 14.1 Å². The maximum Gasteiger partial charge on any atom is 0.457 e. The zero-order chi connectivity index (χ0) is 15.5. The number of carbonyl (C=O) groups excluding carboxylic acids is 1. The van der Waals surface area contributed by atoms with Crippen molar-refractivity contribution in [1.29, 1.82) is 0 Å². The number of hydrogen-bond donors (Lipinski definition) is 0. The Morgan fingerprint density at radius 2 is 1.71 bits per heavy atom. The first-order valence-electron chi connectivity index (χ1n) is 8.38. The molecule has 0 amide bonds. The largest absolute Gasteiger partial charge is 0.457 e. The normalized spacial score (nSPS) is 24.3. The van der Waals surface area contributed by atoms with Crippen LogP contribution in [0.15, 0.2) is 11.6 Å². The Labute approximate surface area is 129 Å². The molecule has 0 aromatic heterocycles. The van der Waals surface area contributed by atoms with E-state index < -0.39 is 0 Å². The molecule has 0 N–H and O–H groups in total. The van der Waals surface area contributed by atoms with Crippen molar-refractivity contribution in [1.82, 2.24) is 0 Å². The second-order valence-electron chi connectivity index (χ2n) is 7.41. The summed E-state index contributed by atoms with van der Waals surface area (Å²) in [5.74, 6) is 0.313. The number of ketones is 1. The minimum absolute atomic E-state index is 0.0644. The van der Waals surface area contributed by atoms with Gasteiger partial charge in [0, 0.05) is 6.42 Å². The van der Waals surface area contributed by atoms with Gasteiger partial charge in [-0.3, -0.25) is 4.79 Å². The first kappa shape index (κ1) is 16.8. The Balaban J connectivity index is 1.62. The van der Waals surface area contributed by atoms with Crippen LogP contribution in [0.2, 0.25) is 6.32 Å². The van der Waals surface area contributed by atoms with Crippen LogP contribution < -0.4 is 0 Å². The summed E-state index contributed by atoms with van der Waals surface area (Å²) in [6, 6.07) is 0. The van der Waals surface area contributed by atoms with E-state index in [9.17, 15) is 4.79 Å². The molecule has 2 aliphatic rings. The van der Waals surface area contributed by atoms with Gasteiger partial charge in [-0.1, -0.05) is 18.4 Å². The fourth-order valence-electron chi connectivity index (χ4n) is 2.98. The lowest BCUT2D eigenvalue weighted by molar-refractivity contribution is -0.115. The molecule has 0 aromatic rings. The van der Waals surface area contributed by atoms with Gasteiger partial charge in [-0.05, 0) is 65.8 Å². The molecule has 0 bridgehead atoms. The van der Waals surface area contributed by atoms with Crippen molar-refractivity contribution in [3.05, 3.63) is 11.6 Å². The van der Waals surface area contributed by atoms with Crippen molar-refractivity contribution in [3.63, 3.8) is 0 Å². The Morgan fingerprint density at radius 3 is 2.33 bits per heavy atom. The van der Waals surface area contributed by atoms with Crippen molar-refractivity contribution < 1.29 is 14.1 Å². The Bertz CT molecular complexity index is 396. The second-order valence-corrected chi connectivity index (χ2v) is 7.41. The quantitative estimate of drug-likeness (QED) is 0.540. The third-order valence-electron chi connectivity index (χ3n) is 5.03. The minimum atomic E-state index is -0.217. The highest BCUT2D eigenvalue weighted by atomic mass is 16.7. The predicted octanol–water partition coefficient (Wildman–Crippen LogP) is 4.32. The van der Waals surface area contributed by atoms with E-state index in [1.165, 1.54) is 18.4 Å². The molecular weight excluding hydrogens is 263 g/mol. The number of allylic oxidation sites excluding steroid dienone is 2. The second kappa shape index (κ2) is 6.66. The summed E-state index contributed by atoms with van der Waals surface area (Å²) in [7, 11) is -0.0644. The highest BCUT2D eigenvalue weighted by molar-refractivity contribution is 6.45. The summed E-state index contributed by atoms with van der Waals surface area (Å²) in [5.41, 5.74) is 0.914. The van der Waals surface area contributed by atoms with Crippen LogP contribution in [0, 0.1) is 0 Å². The third kappa shape index (κ3) is 4.43. The summed E-state index contributed by atoms with van der Waals surface area (Å²) >= 11 is 0. The lowest BCUT2D eigenvalue weighted by Crippen LogP contribution is -2.41.